The van der Waals surface area contributed by atoms with Gasteiger partial charge in [0.05, 0.1) is 12.2 Å². The Labute approximate surface area is 119 Å². The molecule has 3 rings (SSSR count). The number of thiazole rings is 1. The van der Waals surface area contributed by atoms with E-state index in [2.05, 4.69) is 20.4 Å². The minimum absolute atomic E-state index is 0.418. The van der Waals surface area contributed by atoms with Crippen LogP contribution in [0.25, 0.3) is 0 Å². The van der Waals surface area contributed by atoms with Crippen LogP contribution in [0.2, 0.25) is 0 Å². The number of aromatic nitrogens is 3. The summed E-state index contributed by atoms with van der Waals surface area (Å²) in [5.41, 5.74) is 0.709. The summed E-state index contributed by atoms with van der Waals surface area (Å²) in [7, 11) is 0. The largest absolute Gasteiger partial charge is 0.481 e. The normalized spacial score (nSPS) is 17.8. The summed E-state index contributed by atoms with van der Waals surface area (Å²) in [4.78, 5) is 20.8. The number of aliphatic carboxylic acids is 1. The van der Waals surface area contributed by atoms with Crippen molar-refractivity contribution in [3.63, 3.8) is 0 Å². The number of carbonyl (C=O) groups is 1. The highest BCUT2D eigenvalue weighted by molar-refractivity contribution is 7.15. The van der Waals surface area contributed by atoms with Crippen LogP contribution in [0.15, 0.2) is 4.52 Å². The molecule has 2 aromatic rings. The van der Waals surface area contributed by atoms with Gasteiger partial charge in [-0.1, -0.05) is 5.16 Å². The molecule has 2 heterocycles. The Morgan fingerprint density at radius 3 is 3.10 bits per heavy atom. The third-order valence-electron chi connectivity index (χ3n) is 3.22. The molecule has 2 N–H and O–H groups in total. The first-order valence-corrected chi connectivity index (χ1v) is 7.20. The molecule has 0 aromatic carbocycles. The lowest BCUT2D eigenvalue weighted by Crippen LogP contribution is -2.17. The Balaban J connectivity index is 1.74. The van der Waals surface area contributed by atoms with E-state index in [4.69, 9.17) is 4.52 Å². The van der Waals surface area contributed by atoms with Crippen molar-refractivity contribution in [2.24, 2.45) is 0 Å². The minimum atomic E-state index is -0.795. The summed E-state index contributed by atoms with van der Waals surface area (Å²) in [5, 5.41) is 16.8. The summed E-state index contributed by atoms with van der Waals surface area (Å²) < 4.78 is 4.89. The Kier molecular flexibility index (Phi) is 3.39. The van der Waals surface area contributed by atoms with Crippen molar-refractivity contribution in [3.8, 4) is 0 Å². The molecule has 0 saturated heterocycles. The van der Waals surface area contributed by atoms with Crippen LogP contribution in [0, 0.1) is 6.92 Å². The molecule has 8 heteroatoms. The molecule has 0 radical (unpaired) electrons. The van der Waals surface area contributed by atoms with Crippen LogP contribution in [-0.2, 0) is 17.8 Å². The van der Waals surface area contributed by atoms with Crippen molar-refractivity contribution in [2.75, 3.05) is 5.32 Å². The van der Waals surface area contributed by atoms with E-state index in [0.717, 1.165) is 17.7 Å². The summed E-state index contributed by atoms with van der Waals surface area (Å²) in [6.07, 6.45) is 2.46. The first kappa shape index (κ1) is 13.0. The number of carboxylic acids is 1. The van der Waals surface area contributed by atoms with Crippen LogP contribution >= 0.6 is 11.3 Å². The van der Waals surface area contributed by atoms with Gasteiger partial charge in [0.15, 0.2) is 11.0 Å². The molecule has 1 unspecified atom stereocenters. The highest BCUT2D eigenvalue weighted by atomic mass is 32.1. The fourth-order valence-electron chi connectivity index (χ4n) is 2.30. The standard InChI is InChI=1S/C12H14N4O3S/c1-6-14-9(16-19-6)5-13-12-15-10-7(11(17)18)3-2-4-8(10)20-12/h7H,2-5H2,1H3,(H,13,15)(H,17,18). The van der Waals surface area contributed by atoms with E-state index < -0.39 is 11.9 Å². The predicted molar refractivity (Wildman–Crippen MR) is 71.8 cm³/mol. The summed E-state index contributed by atoms with van der Waals surface area (Å²) >= 11 is 1.51. The topological polar surface area (TPSA) is 101 Å². The van der Waals surface area contributed by atoms with Gasteiger partial charge < -0.3 is 14.9 Å². The Hall–Kier alpha value is -1.96. The van der Waals surface area contributed by atoms with Gasteiger partial charge in [0.1, 0.15) is 5.92 Å². The Bertz CT molecular complexity index is 636. The average Bonchev–Trinajstić information content (AvgIpc) is 3.01. The monoisotopic (exact) mass is 294 g/mol. The van der Waals surface area contributed by atoms with E-state index in [9.17, 15) is 9.90 Å². The van der Waals surface area contributed by atoms with Gasteiger partial charge in [-0.05, 0) is 19.3 Å². The summed E-state index contributed by atoms with van der Waals surface area (Å²) in [6.45, 7) is 2.15. The number of hydrogen-bond acceptors (Lipinski definition) is 7. The van der Waals surface area contributed by atoms with Gasteiger partial charge in [-0.15, -0.1) is 11.3 Å². The molecule has 0 bridgehead atoms. The quantitative estimate of drug-likeness (QED) is 0.888. The third kappa shape index (κ3) is 2.51. The highest BCUT2D eigenvalue weighted by Gasteiger charge is 2.29. The highest BCUT2D eigenvalue weighted by Crippen LogP contribution is 2.36. The number of aryl methyl sites for hydroxylation is 2. The van der Waals surface area contributed by atoms with Crippen LogP contribution in [0.4, 0.5) is 5.13 Å². The van der Waals surface area contributed by atoms with Crippen LogP contribution < -0.4 is 5.32 Å². The summed E-state index contributed by atoms with van der Waals surface area (Å²) in [5.74, 6) is -0.189. The van der Waals surface area contributed by atoms with Crippen molar-refractivity contribution in [1.29, 1.82) is 0 Å². The van der Waals surface area contributed by atoms with Gasteiger partial charge in [-0.25, -0.2) is 4.98 Å². The Morgan fingerprint density at radius 1 is 1.55 bits per heavy atom. The minimum Gasteiger partial charge on any atom is -0.481 e. The number of carboxylic acid groups (broad SMARTS) is 1. The second kappa shape index (κ2) is 5.20. The first-order chi connectivity index (χ1) is 9.63. The second-order valence-corrected chi connectivity index (χ2v) is 5.78. The van der Waals surface area contributed by atoms with Crippen LogP contribution in [0.5, 0.6) is 0 Å². The lowest BCUT2D eigenvalue weighted by Gasteiger charge is -2.16. The molecule has 0 spiro atoms. The molecule has 1 aliphatic rings. The maximum atomic E-state index is 11.2. The maximum absolute atomic E-state index is 11.2. The van der Waals surface area contributed by atoms with Crippen LogP contribution in [0.1, 0.15) is 41.0 Å². The number of fused-ring (bicyclic) bond motifs is 1. The summed E-state index contributed by atoms with van der Waals surface area (Å²) in [6, 6.07) is 0. The molecule has 0 aliphatic heterocycles. The van der Waals surface area contributed by atoms with E-state index in [0.29, 0.717) is 35.5 Å². The molecule has 0 amide bonds. The molecular formula is C12H14N4O3S. The van der Waals surface area contributed by atoms with Gasteiger partial charge in [-0.3, -0.25) is 4.79 Å². The number of nitrogens with one attached hydrogen (secondary N) is 1. The first-order valence-electron chi connectivity index (χ1n) is 6.39. The number of hydrogen-bond donors (Lipinski definition) is 2. The van der Waals surface area contributed by atoms with Crippen molar-refractivity contribution < 1.29 is 14.4 Å². The molecule has 20 heavy (non-hydrogen) atoms. The van der Waals surface area contributed by atoms with Crippen LogP contribution in [-0.4, -0.2) is 26.2 Å². The van der Waals surface area contributed by atoms with Crippen molar-refractivity contribution in [3.05, 3.63) is 22.3 Å². The van der Waals surface area contributed by atoms with Crippen molar-refractivity contribution in [2.45, 2.75) is 38.6 Å². The number of nitrogens with zero attached hydrogens (tertiary/aromatic N) is 3. The molecular weight excluding hydrogens is 280 g/mol. The fraction of sp³-hybridized carbons (Fsp3) is 0.500. The molecule has 2 aromatic heterocycles. The molecule has 1 atom stereocenters. The van der Waals surface area contributed by atoms with E-state index in [-0.39, 0.29) is 0 Å². The Morgan fingerprint density at radius 2 is 2.40 bits per heavy atom. The van der Waals surface area contributed by atoms with Crippen LogP contribution in [0.3, 0.4) is 0 Å². The molecule has 0 saturated carbocycles. The zero-order chi connectivity index (χ0) is 14.1. The zero-order valence-corrected chi connectivity index (χ0v) is 11.7. The van der Waals surface area contributed by atoms with E-state index >= 15 is 0 Å². The zero-order valence-electron chi connectivity index (χ0n) is 10.9. The van der Waals surface area contributed by atoms with Gasteiger partial charge in [0.2, 0.25) is 5.89 Å². The van der Waals surface area contributed by atoms with E-state index in [1.807, 2.05) is 0 Å². The second-order valence-electron chi connectivity index (χ2n) is 4.69. The fourth-order valence-corrected chi connectivity index (χ4v) is 3.36. The smallest absolute Gasteiger partial charge is 0.312 e. The lowest BCUT2D eigenvalue weighted by molar-refractivity contribution is -0.139. The number of rotatable bonds is 4. The number of anilines is 1. The van der Waals surface area contributed by atoms with Gasteiger partial charge in [0.25, 0.3) is 0 Å². The van der Waals surface area contributed by atoms with E-state index in [1.54, 1.807) is 6.92 Å². The SMILES string of the molecule is Cc1nc(CNc2nc3c(s2)CCCC3C(=O)O)no1. The van der Waals surface area contributed by atoms with Crippen molar-refractivity contribution >= 4 is 22.4 Å². The average molecular weight is 294 g/mol. The predicted octanol–water partition coefficient (Wildman–Crippen LogP) is 1.95. The third-order valence-corrected chi connectivity index (χ3v) is 4.31. The van der Waals surface area contributed by atoms with Gasteiger partial charge in [-0.2, -0.15) is 4.98 Å². The maximum Gasteiger partial charge on any atom is 0.312 e. The molecule has 106 valence electrons. The van der Waals surface area contributed by atoms with Gasteiger partial charge in [0, 0.05) is 11.8 Å². The molecule has 7 nitrogen and oxygen atoms in total. The molecule has 1 aliphatic carbocycles. The van der Waals surface area contributed by atoms with E-state index in [1.165, 1.54) is 11.3 Å². The van der Waals surface area contributed by atoms with Crippen molar-refractivity contribution in [1.82, 2.24) is 15.1 Å². The van der Waals surface area contributed by atoms with Gasteiger partial charge >= 0.3 is 5.97 Å². The lowest BCUT2D eigenvalue weighted by atomic mass is 9.91. The molecule has 0 fully saturated rings.